The molecule has 0 radical (unpaired) electrons. The van der Waals surface area contributed by atoms with Gasteiger partial charge in [0.1, 0.15) is 6.07 Å². The molecule has 0 fully saturated rings. The Kier molecular flexibility index (Phi) is 2.33. The van der Waals surface area contributed by atoms with E-state index in [1.165, 1.54) is 0 Å². The van der Waals surface area contributed by atoms with Crippen molar-refractivity contribution in [3.8, 4) is 17.3 Å². The SMILES string of the molecule is N#Cc1ncc(-c2ccc(Br)cc2)[nH]1. The van der Waals surface area contributed by atoms with Crippen molar-refractivity contribution in [1.82, 2.24) is 9.97 Å². The van der Waals surface area contributed by atoms with E-state index in [2.05, 4.69) is 25.9 Å². The number of halogens is 1. The van der Waals surface area contributed by atoms with Gasteiger partial charge in [-0.15, -0.1) is 0 Å². The first kappa shape index (κ1) is 8.97. The Balaban J connectivity index is 2.40. The van der Waals surface area contributed by atoms with E-state index in [0.717, 1.165) is 15.7 Å². The van der Waals surface area contributed by atoms with Crippen LogP contribution in [0.4, 0.5) is 0 Å². The van der Waals surface area contributed by atoms with E-state index in [0.29, 0.717) is 5.82 Å². The molecule has 0 unspecified atom stereocenters. The van der Waals surface area contributed by atoms with Crippen molar-refractivity contribution < 1.29 is 0 Å². The Morgan fingerprint density at radius 1 is 1.29 bits per heavy atom. The normalized spacial score (nSPS) is 9.71. The minimum absolute atomic E-state index is 0.336. The smallest absolute Gasteiger partial charge is 0.210 e. The lowest BCUT2D eigenvalue weighted by Gasteiger charge is -1.96. The van der Waals surface area contributed by atoms with Crippen LogP contribution in [-0.2, 0) is 0 Å². The molecule has 1 aromatic heterocycles. The van der Waals surface area contributed by atoms with Crippen LogP contribution in [-0.4, -0.2) is 9.97 Å². The molecule has 0 saturated carbocycles. The van der Waals surface area contributed by atoms with Crippen LogP contribution < -0.4 is 0 Å². The quantitative estimate of drug-likeness (QED) is 0.843. The van der Waals surface area contributed by atoms with Gasteiger partial charge in [-0.05, 0) is 17.7 Å². The van der Waals surface area contributed by atoms with Crippen LogP contribution in [0.5, 0.6) is 0 Å². The number of imidazole rings is 1. The van der Waals surface area contributed by atoms with E-state index in [4.69, 9.17) is 5.26 Å². The number of nitrogens with one attached hydrogen (secondary N) is 1. The molecule has 0 aliphatic heterocycles. The van der Waals surface area contributed by atoms with E-state index in [1.807, 2.05) is 30.3 Å². The van der Waals surface area contributed by atoms with E-state index in [1.54, 1.807) is 6.20 Å². The van der Waals surface area contributed by atoms with Crippen LogP contribution >= 0.6 is 15.9 Å². The first-order valence-corrected chi connectivity index (χ1v) is 4.80. The monoisotopic (exact) mass is 247 g/mol. The van der Waals surface area contributed by atoms with E-state index < -0.39 is 0 Å². The molecule has 1 heterocycles. The molecular weight excluding hydrogens is 242 g/mol. The maximum atomic E-state index is 8.59. The fourth-order valence-corrected chi connectivity index (χ4v) is 1.42. The molecular formula is C10H6BrN3. The summed E-state index contributed by atoms with van der Waals surface area (Å²) in [4.78, 5) is 6.82. The highest BCUT2D eigenvalue weighted by molar-refractivity contribution is 9.10. The molecule has 0 aliphatic rings. The molecule has 0 amide bonds. The topological polar surface area (TPSA) is 52.5 Å². The van der Waals surface area contributed by atoms with Crippen LogP contribution in [0.3, 0.4) is 0 Å². The predicted octanol–water partition coefficient (Wildman–Crippen LogP) is 2.71. The van der Waals surface area contributed by atoms with Crippen molar-refractivity contribution in [2.45, 2.75) is 0 Å². The Morgan fingerprint density at radius 3 is 2.57 bits per heavy atom. The fraction of sp³-hybridized carbons (Fsp3) is 0. The molecule has 4 heteroatoms. The zero-order chi connectivity index (χ0) is 9.97. The third kappa shape index (κ3) is 1.68. The van der Waals surface area contributed by atoms with Crippen LogP contribution in [0.1, 0.15) is 5.82 Å². The van der Waals surface area contributed by atoms with Gasteiger partial charge in [-0.1, -0.05) is 28.1 Å². The van der Waals surface area contributed by atoms with Gasteiger partial charge in [0, 0.05) is 4.47 Å². The summed E-state index contributed by atoms with van der Waals surface area (Å²) in [6, 6.07) is 9.76. The number of benzene rings is 1. The third-order valence-electron chi connectivity index (χ3n) is 1.84. The Morgan fingerprint density at radius 2 is 2.00 bits per heavy atom. The van der Waals surface area contributed by atoms with Crippen molar-refractivity contribution in [1.29, 1.82) is 5.26 Å². The molecule has 3 nitrogen and oxygen atoms in total. The largest absolute Gasteiger partial charge is 0.329 e. The molecule has 14 heavy (non-hydrogen) atoms. The summed E-state index contributed by atoms with van der Waals surface area (Å²) in [7, 11) is 0. The Labute approximate surface area is 89.5 Å². The average Bonchev–Trinajstić information content (AvgIpc) is 2.67. The number of nitriles is 1. The summed E-state index contributed by atoms with van der Waals surface area (Å²) in [6.45, 7) is 0. The standard InChI is InChI=1S/C10H6BrN3/c11-8-3-1-7(2-4-8)9-6-13-10(5-12)14-9/h1-4,6H,(H,13,14). The van der Waals surface area contributed by atoms with Gasteiger partial charge in [0.25, 0.3) is 0 Å². The lowest BCUT2D eigenvalue weighted by atomic mass is 10.2. The van der Waals surface area contributed by atoms with Gasteiger partial charge >= 0.3 is 0 Å². The predicted molar refractivity (Wildman–Crippen MR) is 56.4 cm³/mol. The number of nitrogens with zero attached hydrogens (tertiary/aromatic N) is 2. The van der Waals surface area contributed by atoms with E-state index in [9.17, 15) is 0 Å². The van der Waals surface area contributed by atoms with Crippen molar-refractivity contribution in [3.05, 3.63) is 40.8 Å². The minimum atomic E-state index is 0.336. The van der Waals surface area contributed by atoms with Crippen molar-refractivity contribution >= 4 is 15.9 Å². The second-order valence-corrected chi connectivity index (χ2v) is 3.68. The van der Waals surface area contributed by atoms with Crippen molar-refractivity contribution in [3.63, 3.8) is 0 Å². The number of aromatic nitrogens is 2. The fourth-order valence-electron chi connectivity index (χ4n) is 1.15. The molecule has 0 saturated heterocycles. The van der Waals surface area contributed by atoms with Crippen LogP contribution in [0, 0.1) is 11.3 Å². The number of H-pyrrole nitrogens is 1. The summed E-state index contributed by atoms with van der Waals surface area (Å²) in [5.41, 5.74) is 1.87. The highest BCUT2D eigenvalue weighted by atomic mass is 79.9. The van der Waals surface area contributed by atoms with Crippen LogP contribution in [0.2, 0.25) is 0 Å². The summed E-state index contributed by atoms with van der Waals surface area (Å²) in [5.74, 6) is 0.336. The first-order chi connectivity index (χ1) is 6.79. The van der Waals surface area contributed by atoms with Gasteiger partial charge in [-0.2, -0.15) is 5.26 Å². The Hall–Kier alpha value is -1.60. The molecule has 68 valence electrons. The molecule has 0 bridgehead atoms. The van der Waals surface area contributed by atoms with Crippen LogP contribution in [0.25, 0.3) is 11.3 Å². The first-order valence-electron chi connectivity index (χ1n) is 4.00. The van der Waals surface area contributed by atoms with Gasteiger partial charge < -0.3 is 4.98 Å². The highest BCUT2D eigenvalue weighted by Crippen LogP contribution is 2.19. The average molecular weight is 248 g/mol. The number of hydrogen-bond donors (Lipinski definition) is 1. The maximum absolute atomic E-state index is 8.59. The summed E-state index contributed by atoms with van der Waals surface area (Å²) < 4.78 is 1.03. The number of rotatable bonds is 1. The van der Waals surface area contributed by atoms with E-state index >= 15 is 0 Å². The molecule has 0 aliphatic carbocycles. The third-order valence-corrected chi connectivity index (χ3v) is 2.37. The van der Waals surface area contributed by atoms with Gasteiger partial charge in [-0.3, -0.25) is 0 Å². The molecule has 0 spiro atoms. The minimum Gasteiger partial charge on any atom is -0.329 e. The zero-order valence-electron chi connectivity index (χ0n) is 7.16. The van der Waals surface area contributed by atoms with Crippen LogP contribution in [0.15, 0.2) is 34.9 Å². The second-order valence-electron chi connectivity index (χ2n) is 2.76. The molecule has 0 atom stereocenters. The van der Waals surface area contributed by atoms with Gasteiger partial charge in [0.05, 0.1) is 11.9 Å². The highest BCUT2D eigenvalue weighted by Gasteiger charge is 2.01. The lowest BCUT2D eigenvalue weighted by Crippen LogP contribution is -1.78. The van der Waals surface area contributed by atoms with Crippen molar-refractivity contribution in [2.24, 2.45) is 0 Å². The van der Waals surface area contributed by atoms with Crippen molar-refractivity contribution in [2.75, 3.05) is 0 Å². The molecule has 2 rings (SSSR count). The Bertz CT molecular complexity index is 479. The molecule has 2 aromatic rings. The maximum Gasteiger partial charge on any atom is 0.210 e. The second kappa shape index (κ2) is 3.64. The van der Waals surface area contributed by atoms with E-state index in [-0.39, 0.29) is 0 Å². The summed E-state index contributed by atoms with van der Waals surface area (Å²) >= 11 is 3.36. The summed E-state index contributed by atoms with van der Waals surface area (Å²) in [6.07, 6.45) is 1.65. The van der Waals surface area contributed by atoms with Gasteiger partial charge in [-0.25, -0.2) is 4.98 Å². The number of hydrogen-bond acceptors (Lipinski definition) is 2. The molecule has 1 N–H and O–H groups in total. The summed E-state index contributed by atoms with van der Waals surface area (Å²) in [5, 5.41) is 8.59. The van der Waals surface area contributed by atoms with Gasteiger partial charge in [0.2, 0.25) is 5.82 Å². The lowest BCUT2D eigenvalue weighted by molar-refractivity contribution is 1.23. The van der Waals surface area contributed by atoms with Gasteiger partial charge in [0.15, 0.2) is 0 Å². The molecule has 1 aromatic carbocycles. The number of aromatic amines is 1. The zero-order valence-corrected chi connectivity index (χ0v) is 8.75.